The van der Waals surface area contributed by atoms with E-state index in [-0.39, 0.29) is 17.1 Å². The molecule has 0 aliphatic carbocycles. The number of hydrogen-bond acceptors (Lipinski definition) is 5. The summed E-state index contributed by atoms with van der Waals surface area (Å²) in [6, 6.07) is 1.91. The van der Waals surface area contributed by atoms with Crippen molar-refractivity contribution in [1.82, 2.24) is 9.55 Å². The molecule has 7 nitrogen and oxygen atoms in total. The van der Waals surface area contributed by atoms with Crippen LogP contribution in [0.4, 0.5) is 5.82 Å². The predicted octanol–water partition coefficient (Wildman–Crippen LogP) is 0.197. The number of H-pyrrole nitrogens is 1. The van der Waals surface area contributed by atoms with Crippen LogP contribution in [0.3, 0.4) is 0 Å². The predicted molar refractivity (Wildman–Crippen MR) is 78.4 cm³/mol. The summed E-state index contributed by atoms with van der Waals surface area (Å²) < 4.78 is 6.40. The number of methoxy groups -OCH3 is 1. The topological polar surface area (TPSA) is 91.1 Å². The number of aromatic nitrogens is 2. The Hall–Kier alpha value is -2.07. The van der Waals surface area contributed by atoms with Gasteiger partial charge in [-0.25, -0.2) is 4.79 Å². The average molecular weight is 292 g/mol. The fourth-order valence-electron chi connectivity index (χ4n) is 2.91. The Balaban J connectivity index is 2.48. The third-order valence-corrected chi connectivity index (χ3v) is 4.13. The van der Waals surface area contributed by atoms with E-state index >= 15 is 0 Å². The van der Waals surface area contributed by atoms with Gasteiger partial charge in [0.2, 0.25) is 0 Å². The van der Waals surface area contributed by atoms with E-state index < -0.39 is 11.2 Å². The van der Waals surface area contributed by atoms with E-state index in [0.29, 0.717) is 18.9 Å². The highest BCUT2D eigenvalue weighted by Crippen LogP contribution is 2.33. The maximum absolute atomic E-state index is 12.0. The van der Waals surface area contributed by atoms with Gasteiger partial charge in [0.15, 0.2) is 5.56 Å². The maximum atomic E-state index is 12.0. The SMILES string of the molecule is CO[C@H]1CCN(c2[nH]c(=O)n(C)c(=O)c2C#N)CC1(C)C. The van der Waals surface area contributed by atoms with Gasteiger partial charge < -0.3 is 9.64 Å². The monoisotopic (exact) mass is 292 g/mol. The number of anilines is 1. The first kappa shape index (κ1) is 15.3. The van der Waals surface area contributed by atoms with Crippen LogP contribution in [0.1, 0.15) is 25.8 Å². The molecule has 114 valence electrons. The van der Waals surface area contributed by atoms with E-state index in [0.717, 1.165) is 11.0 Å². The van der Waals surface area contributed by atoms with Crippen molar-refractivity contribution in [3.05, 3.63) is 26.4 Å². The Bertz CT molecular complexity index is 696. The molecule has 1 aromatic rings. The lowest BCUT2D eigenvalue weighted by Gasteiger charge is -2.44. The lowest BCUT2D eigenvalue weighted by atomic mass is 9.81. The van der Waals surface area contributed by atoms with E-state index in [1.807, 2.05) is 11.0 Å². The number of rotatable bonds is 2. The van der Waals surface area contributed by atoms with E-state index in [1.54, 1.807) is 7.11 Å². The van der Waals surface area contributed by atoms with Crippen LogP contribution < -0.4 is 16.1 Å². The zero-order chi connectivity index (χ0) is 15.8. The molecule has 1 aliphatic heterocycles. The summed E-state index contributed by atoms with van der Waals surface area (Å²) in [5.74, 6) is 0.313. The Labute approximate surface area is 122 Å². The van der Waals surface area contributed by atoms with Crippen molar-refractivity contribution in [3.8, 4) is 6.07 Å². The van der Waals surface area contributed by atoms with Crippen LogP contribution >= 0.6 is 0 Å². The van der Waals surface area contributed by atoms with Gasteiger partial charge in [-0.2, -0.15) is 5.26 Å². The van der Waals surface area contributed by atoms with Crippen molar-refractivity contribution < 1.29 is 4.74 Å². The number of aromatic amines is 1. The van der Waals surface area contributed by atoms with Crippen molar-refractivity contribution in [1.29, 1.82) is 5.26 Å². The van der Waals surface area contributed by atoms with Crippen LogP contribution in [0.2, 0.25) is 0 Å². The van der Waals surface area contributed by atoms with Gasteiger partial charge in [0.25, 0.3) is 5.56 Å². The Morgan fingerprint density at radius 1 is 1.43 bits per heavy atom. The Morgan fingerprint density at radius 2 is 2.10 bits per heavy atom. The number of nitrogens with one attached hydrogen (secondary N) is 1. The number of nitrogens with zero attached hydrogens (tertiary/aromatic N) is 3. The molecule has 7 heteroatoms. The second-order valence-corrected chi connectivity index (χ2v) is 6.05. The van der Waals surface area contributed by atoms with Crippen molar-refractivity contribution in [3.63, 3.8) is 0 Å². The highest BCUT2D eigenvalue weighted by atomic mass is 16.5. The smallest absolute Gasteiger partial charge is 0.329 e. The Kier molecular flexibility index (Phi) is 3.92. The molecule has 2 heterocycles. The largest absolute Gasteiger partial charge is 0.381 e. The second-order valence-electron chi connectivity index (χ2n) is 6.05. The van der Waals surface area contributed by atoms with Gasteiger partial charge in [-0.05, 0) is 6.42 Å². The van der Waals surface area contributed by atoms with Crippen LogP contribution in [0.25, 0.3) is 0 Å². The van der Waals surface area contributed by atoms with Crippen molar-refractivity contribution >= 4 is 5.82 Å². The van der Waals surface area contributed by atoms with Gasteiger partial charge in [0.05, 0.1) is 6.10 Å². The molecule has 0 radical (unpaired) electrons. The highest BCUT2D eigenvalue weighted by molar-refractivity contribution is 5.53. The molecule has 1 aliphatic rings. The minimum atomic E-state index is -0.567. The number of piperidine rings is 1. The summed E-state index contributed by atoms with van der Waals surface area (Å²) in [5.41, 5.74) is -1.25. The molecule has 1 atom stereocenters. The standard InChI is InChI=1S/C14H20N4O3/c1-14(2)8-18(6-5-10(14)21-4)11-9(7-15)12(19)17(3)13(20)16-11/h10H,5-6,8H2,1-4H3,(H,16,20)/t10-/m0/s1. The first-order valence-corrected chi connectivity index (χ1v) is 6.83. The zero-order valence-corrected chi connectivity index (χ0v) is 12.8. The summed E-state index contributed by atoms with van der Waals surface area (Å²) in [4.78, 5) is 28.4. The second kappa shape index (κ2) is 5.37. The van der Waals surface area contributed by atoms with E-state index in [4.69, 9.17) is 4.74 Å². The molecular weight excluding hydrogens is 272 g/mol. The van der Waals surface area contributed by atoms with Gasteiger partial charge in [-0.1, -0.05) is 13.8 Å². The van der Waals surface area contributed by atoms with Crippen LogP contribution in [0, 0.1) is 16.7 Å². The van der Waals surface area contributed by atoms with Crippen molar-refractivity contribution in [2.75, 3.05) is 25.1 Å². The van der Waals surface area contributed by atoms with Crippen LogP contribution in [0.15, 0.2) is 9.59 Å². The maximum Gasteiger partial charge on any atom is 0.329 e. The molecule has 1 saturated heterocycles. The molecular formula is C14H20N4O3. The summed E-state index contributed by atoms with van der Waals surface area (Å²) in [6.45, 7) is 5.36. The van der Waals surface area contributed by atoms with Gasteiger partial charge in [-0.3, -0.25) is 14.3 Å². The van der Waals surface area contributed by atoms with Gasteiger partial charge in [-0.15, -0.1) is 0 Å². The summed E-state index contributed by atoms with van der Waals surface area (Å²) >= 11 is 0. The molecule has 0 spiro atoms. The first-order chi connectivity index (χ1) is 9.81. The molecule has 1 N–H and O–H groups in total. The molecule has 21 heavy (non-hydrogen) atoms. The highest BCUT2D eigenvalue weighted by Gasteiger charge is 2.37. The third-order valence-electron chi connectivity index (χ3n) is 4.13. The summed E-state index contributed by atoms with van der Waals surface area (Å²) in [5, 5.41) is 9.24. The number of hydrogen-bond donors (Lipinski definition) is 1. The first-order valence-electron chi connectivity index (χ1n) is 6.83. The molecule has 1 aromatic heterocycles. The van der Waals surface area contributed by atoms with E-state index in [9.17, 15) is 14.9 Å². The molecule has 0 bridgehead atoms. The lowest BCUT2D eigenvalue weighted by Crippen LogP contribution is -2.51. The van der Waals surface area contributed by atoms with Crippen LogP contribution in [0.5, 0.6) is 0 Å². The fraction of sp³-hybridized carbons (Fsp3) is 0.643. The molecule has 0 saturated carbocycles. The average Bonchev–Trinajstić information content (AvgIpc) is 2.43. The quantitative estimate of drug-likeness (QED) is 0.840. The van der Waals surface area contributed by atoms with Gasteiger partial charge in [0, 0.05) is 32.7 Å². The number of ether oxygens (including phenoxy) is 1. The lowest BCUT2D eigenvalue weighted by molar-refractivity contribution is -0.00646. The fourth-order valence-corrected chi connectivity index (χ4v) is 2.91. The third kappa shape index (κ3) is 2.59. The minimum absolute atomic E-state index is 0.0243. The summed E-state index contributed by atoms with van der Waals surface area (Å²) in [7, 11) is 3.04. The molecule has 0 aromatic carbocycles. The molecule has 0 unspecified atom stereocenters. The zero-order valence-electron chi connectivity index (χ0n) is 12.8. The normalized spacial score (nSPS) is 21.1. The van der Waals surface area contributed by atoms with Crippen molar-refractivity contribution in [2.45, 2.75) is 26.4 Å². The molecule has 0 amide bonds. The summed E-state index contributed by atoms with van der Waals surface area (Å²) in [6.07, 6.45) is 0.878. The van der Waals surface area contributed by atoms with Gasteiger partial charge in [0.1, 0.15) is 11.9 Å². The van der Waals surface area contributed by atoms with E-state index in [1.165, 1.54) is 7.05 Å². The Morgan fingerprint density at radius 3 is 2.62 bits per heavy atom. The molecule has 1 fully saturated rings. The minimum Gasteiger partial charge on any atom is -0.381 e. The van der Waals surface area contributed by atoms with Crippen LogP contribution in [-0.4, -0.2) is 35.9 Å². The van der Waals surface area contributed by atoms with E-state index in [2.05, 4.69) is 18.8 Å². The molecule has 2 rings (SSSR count). The van der Waals surface area contributed by atoms with Crippen LogP contribution in [-0.2, 0) is 11.8 Å². The van der Waals surface area contributed by atoms with Crippen molar-refractivity contribution in [2.24, 2.45) is 12.5 Å². The van der Waals surface area contributed by atoms with Gasteiger partial charge >= 0.3 is 5.69 Å². The number of nitriles is 1.